The largest absolute Gasteiger partial charge is 0.467 e. The van der Waals surface area contributed by atoms with Crippen LogP contribution in [0.5, 0.6) is 0 Å². The average Bonchev–Trinajstić information content (AvgIpc) is 3.09. The molecule has 0 aliphatic rings. The van der Waals surface area contributed by atoms with Gasteiger partial charge < -0.3 is 24.7 Å². The average molecular weight is 452 g/mol. The lowest BCUT2D eigenvalue weighted by Crippen LogP contribution is -2.39. The Labute approximate surface area is 163 Å². The normalized spacial score (nSPS) is 11.4. The Kier molecular flexibility index (Phi) is 15.2. The molecular formula is C17H33IN4O2. The van der Waals surface area contributed by atoms with Gasteiger partial charge in [0.2, 0.25) is 0 Å². The highest BCUT2D eigenvalue weighted by atomic mass is 127. The summed E-state index contributed by atoms with van der Waals surface area (Å²) in [7, 11) is 1.80. The maximum atomic E-state index is 5.54. The molecule has 1 aromatic heterocycles. The summed E-state index contributed by atoms with van der Waals surface area (Å²) in [4.78, 5) is 6.65. The maximum Gasteiger partial charge on any atom is 0.190 e. The molecular weight excluding hydrogens is 419 g/mol. The van der Waals surface area contributed by atoms with Crippen LogP contribution in [0, 0.1) is 0 Å². The van der Waals surface area contributed by atoms with Crippen LogP contribution in [-0.2, 0) is 11.3 Å². The Morgan fingerprint density at radius 1 is 1.21 bits per heavy atom. The van der Waals surface area contributed by atoms with E-state index in [-0.39, 0.29) is 24.0 Å². The topological polar surface area (TPSA) is 62.0 Å². The Morgan fingerprint density at radius 3 is 2.50 bits per heavy atom. The van der Waals surface area contributed by atoms with E-state index in [0.717, 1.165) is 57.3 Å². The van der Waals surface area contributed by atoms with Crippen LogP contribution in [0.4, 0.5) is 0 Å². The van der Waals surface area contributed by atoms with Crippen molar-refractivity contribution in [3.05, 3.63) is 24.2 Å². The molecule has 0 bridgehead atoms. The lowest BCUT2D eigenvalue weighted by Gasteiger charge is -2.18. The van der Waals surface area contributed by atoms with E-state index >= 15 is 0 Å². The van der Waals surface area contributed by atoms with Crippen molar-refractivity contribution in [3.8, 4) is 0 Å². The first-order chi connectivity index (χ1) is 11.3. The van der Waals surface area contributed by atoms with Crippen molar-refractivity contribution in [1.82, 2.24) is 15.5 Å². The molecule has 0 amide bonds. The molecule has 2 N–H and O–H groups in total. The number of hydrogen-bond acceptors (Lipinski definition) is 4. The van der Waals surface area contributed by atoms with Gasteiger partial charge >= 0.3 is 0 Å². The molecule has 0 unspecified atom stereocenters. The third-order valence-corrected chi connectivity index (χ3v) is 3.64. The Bertz CT molecular complexity index is 409. The molecule has 7 heteroatoms. The smallest absolute Gasteiger partial charge is 0.190 e. The predicted octanol–water partition coefficient (Wildman–Crippen LogP) is 2.70. The third-order valence-electron chi connectivity index (χ3n) is 3.64. The second-order valence-electron chi connectivity index (χ2n) is 5.29. The first kappa shape index (κ1) is 23.2. The minimum atomic E-state index is 0. The SMILES string of the molecule is CCN(CC)CCCNC(=NC)NCCCOCc1ccco1.I. The van der Waals surface area contributed by atoms with Crippen molar-refractivity contribution in [3.63, 3.8) is 0 Å². The third kappa shape index (κ3) is 10.9. The van der Waals surface area contributed by atoms with Crippen molar-refractivity contribution >= 4 is 29.9 Å². The van der Waals surface area contributed by atoms with Gasteiger partial charge in [0.15, 0.2) is 5.96 Å². The molecule has 0 aliphatic carbocycles. The second kappa shape index (κ2) is 15.7. The van der Waals surface area contributed by atoms with Gasteiger partial charge in [0.1, 0.15) is 12.4 Å². The number of rotatable bonds is 12. The van der Waals surface area contributed by atoms with E-state index in [9.17, 15) is 0 Å². The summed E-state index contributed by atoms with van der Waals surface area (Å²) >= 11 is 0. The van der Waals surface area contributed by atoms with E-state index in [4.69, 9.17) is 9.15 Å². The summed E-state index contributed by atoms with van der Waals surface area (Å²) in [5.41, 5.74) is 0. The van der Waals surface area contributed by atoms with E-state index < -0.39 is 0 Å². The quantitative estimate of drug-likeness (QED) is 0.221. The number of guanidine groups is 1. The van der Waals surface area contributed by atoms with Crippen LogP contribution in [0.15, 0.2) is 27.8 Å². The molecule has 0 spiro atoms. The molecule has 0 fully saturated rings. The number of furan rings is 1. The summed E-state index contributed by atoms with van der Waals surface area (Å²) in [5, 5.41) is 6.64. The van der Waals surface area contributed by atoms with Crippen LogP contribution in [0.3, 0.4) is 0 Å². The molecule has 0 aromatic carbocycles. The monoisotopic (exact) mass is 452 g/mol. The van der Waals surface area contributed by atoms with Gasteiger partial charge in [-0.05, 0) is 44.6 Å². The highest BCUT2D eigenvalue weighted by Crippen LogP contribution is 2.01. The molecule has 1 aromatic rings. The first-order valence-corrected chi connectivity index (χ1v) is 8.57. The van der Waals surface area contributed by atoms with Crippen molar-refractivity contribution in [2.45, 2.75) is 33.3 Å². The van der Waals surface area contributed by atoms with E-state index in [1.54, 1.807) is 13.3 Å². The number of aliphatic imine (C=N–C) groups is 1. The van der Waals surface area contributed by atoms with Crippen LogP contribution in [0.25, 0.3) is 0 Å². The molecule has 0 radical (unpaired) electrons. The van der Waals surface area contributed by atoms with E-state index in [1.807, 2.05) is 12.1 Å². The van der Waals surface area contributed by atoms with Crippen LogP contribution in [-0.4, -0.2) is 57.2 Å². The fraction of sp³-hybridized carbons (Fsp3) is 0.706. The second-order valence-corrected chi connectivity index (χ2v) is 5.29. The van der Waals surface area contributed by atoms with Crippen molar-refractivity contribution < 1.29 is 9.15 Å². The molecule has 140 valence electrons. The van der Waals surface area contributed by atoms with Gasteiger partial charge in [-0.1, -0.05) is 13.8 Å². The molecule has 1 rings (SSSR count). The fourth-order valence-electron chi connectivity index (χ4n) is 2.22. The number of ether oxygens (including phenoxy) is 1. The van der Waals surface area contributed by atoms with Gasteiger partial charge in [0.25, 0.3) is 0 Å². The zero-order chi connectivity index (χ0) is 16.8. The molecule has 0 saturated heterocycles. The van der Waals surface area contributed by atoms with Gasteiger partial charge in [-0.25, -0.2) is 0 Å². The van der Waals surface area contributed by atoms with Gasteiger partial charge in [0, 0.05) is 26.7 Å². The summed E-state index contributed by atoms with van der Waals surface area (Å²) in [6.45, 7) is 10.8. The summed E-state index contributed by atoms with van der Waals surface area (Å²) < 4.78 is 10.8. The van der Waals surface area contributed by atoms with Crippen LogP contribution in [0.2, 0.25) is 0 Å². The number of nitrogens with one attached hydrogen (secondary N) is 2. The fourth-order valence-corrected chi connectivity index (χ4v) is 2.22. The molecule has 0 atom stereocenters. The first-order valence-electron chi connectivity index (χ1n) is 8.57. The standard InChI is InChI=1S/C17H32N4O2.HI/c1-4-21(5-2)12-7-10-19-17(18-3)20-11-8-13-22-15-16-9-6-14-23-16;/h6,9,14H,4-5,7-8,10-13,15H2,1-3H3,(H2,18,19,20);1H. The van der Waals surface area contributed by atoms with E-state index in [1.165, 1.54) is 0 Å². The van der Waals surface area contributed by atoms with Crippen LogP contribution >= 0.6 is 24.0 Å². The summed E-state index contributed by atoms with van der Waals surface area (Å²) in [5.74, 6) is 1.72. The van der Waals surface area contributed by atoms with Crippen molar-refractivity contribution in [2.24, 2.45) is 4.99 Å². The van der Waals surface area contributed by atoms with Crippen LogP contribution in [0.1, 0.15) is 32.4 Å². The molecule has 24 heavy (non-hydrogen) atoms. The number of halogens is 1. The van der Waals surface area contributed by atoms with Crippen molar-refractivity contribution in [2.75, 3.05) is 46.4 Å². The highest BCUT2D eigenvalue weighted by molar-refractivity contribution is 14.0. The van der Waals surface area contributed by atoms with E-state index in [0.29, 0.717) is 13.2 Å². The minimum absolute atomic E-state index is 0. The van der Waals surface area contributed by atoms with Gasteiger partial charge in [-0.3, -0.25) is 4.99 Å². The predicted molar refractivity (Wildman–Crippen MR) is 110 cm³/mol. The minimum Gasteiger partial charge on any atom is -0.467 e. The molecule has 0 saturated carbocycles. The van der Waals surface area contributed by atoms with E-state index in [2.05, 4.69) is 34.4 Å². The Hall–Kier alpha value is -0.800. The zero-order valence-corrected chi connectivity index (χ0v) is 17.5. The molecule has 6 nitrogen and oxygen atoms in total. The highest BCUT2D eigenvalue weighted by Gasteiger charge is 2.00. The lowest BCUT2D eigenvalue weighted by atomic mass is 10.3. The zero-order valence-electron chi connectivity index (χ0n) is 15.2. The summed E-state index contributed by atoms with van der Waals surface area (Å²) in [6, 6.07) is 3.79. The Balaban J connectivity index is 0.00000529. The Morgan fingerprint density at radius 2 is 1.92 bits per heavy atom. The van der Waals surface area contributed by atoms with Gasteiger partial charge in [0.05, 0.1) is 6.26 Å². The van der Waals surface area contributed by atoms with Gasteiger partial charge in [-0.2, -0.15) is 0 Å². The maximum absolute atomic E-state index is 5.54. The molecule has 0 aliphatic heterocycles. The van der Waals surface area contributed by atoms with Crippen LogP contribution < -0.4 is 10.6 Å². The summed E-state index contributed by atoms with van der Waals surface area (Å²) in [6.07, 6.45) is 3.71. The van der Waals surface area contributed by atoms with Crippen molar-refractivity contribution in [1.29, 1.82) is 0 Å². The van der Waals surface area contributed by atoms with Gasteiger partial charge in [-0.15, -0.1) is 24.0 Å². The number of nitrogens with zero attached hydrogens (tertiary/aromatic N) is 2. The molecule has 1 heterocycles. The lowest BCUT2D eigenvalue weighted by molar-refractivity contribution is 0.105. The number of hydrogen-bond donors (Lipinski definition) is 2.